The lowest BCUT2D eigenvalue weighted by atomic mass is 10.4. The van der Waals surface area contributed by atoms with Gasteiger partial charge in [-0.2, -0.15) is 21.6 Å². The highest BCUT2D eigenvalue weighted by molar-refractivity contribution is 7.90. The largest absolute Gasteiger partial charge is 0.445 e. The number of sulfonamides is 1. The Kier molecular flexibility index (Phi) is 3.59. The first-order valence-corrected chi connectivity index (χ1v) is 5.68. The van der Waals surface area contributed by atoms with E-state index in [-0.39, 0.29) is 4.90 Å². The maximum atomic E-state index is 12.0. The molecule has 1 aromatic rings. The van der Waals surface area contributed by atoms with Crippen LogP contribution in [0.5, 0.6) is 0 Å². The monoisotopic (exact) mass is 271 g/mol. The standard InChI is InChI=1S/C8H5ClF3NO2S/c9-7(8(10,11)12)13-16(14,15)6-4-2-1-3-5-6/h1-5H/b13-7-. The highest BCUT2D eigenvalue weighted by Crippen LogP contribution is 2.22. The van der Waals surface area contributed by atoms with Gasteiger partial charge in [-0.1, -0.05) is 29.8 Å². The van der Waals surface area contributed by atoms with Crippen LogP contribution in [0.2, 0.25) is 0 Å². The first-order chi connectivity index (χ1) is 7.23. The van der Waals surface area contributed by atoms with Crippen LogP contribution in [0.4, 0.5) is 13.2 Å². The molecule has 0 unspecified atom stereocenters. The van der Waals surface area contributed by atoms with E-state index in [2.05, 4.69) is 4.40 Å². The fraction of sp³-hybridized carbons (Fsp3) is 0.125. The molecule has 0 saturated heterocycles. The van der Waals surface area contributed by atoms with Gasteiger partial charge in [-0.05, 0) is 12.1 Å². The molecule has 0 aliphatic rings. The zero-order valence-corrected chi connectivity index (χ0v) is 9.14. The summed E-state index contributed by atoms with van der Waals surface area (Å²) in [6, 6.07) is 6.50. The molecular weight excluding hydrogens is 267 g/mol. The number of rotatable bonds is 2. The van der Waals surface area contributed by atoms with Crippen LogP contribution in [0.15, 0.2) is 39.6 Å². The molecule has 8 heteroatoms. The van der Waals surface area contributed by atoms with Crippen molar-refractivity contribution in [3.63, 3.8) is 0 Å². The van der Waals surface area contributed by atoms with E-state index >= 15 is 0 Å². The molecule has 16 heavy (non-hydrogen) atoms. The van der Waals surface area contributed by atoms with Crippen molar-refractivity contribution in [3.05, 3.63) is 30.3 Å². The Hall–Kier alpha value is -1.08. The lowest BCUT2D eigenvalue weighted by Crippen LogP contribution is -2.18. The quantitative estimate of drug-likeness (QED) is 0.776. The van der Waals surface area contributed by atoms with Crippen molar-refractivity contribution in [3.8, 4) is 0 Å². The first kappa shape index (κ1) is 13.0. The van der Waals surface area contributed by atoms with Crippen molar-refractivity contribution in [2.75, 3.05) is 0 Å². The minimum Gasteiger partial charge on any atom is -0.199 e. The van der Waals surface area contributed by atoms with Gasteiger partial charge in [0.1, 0.15) is 0 Å². The molecule has 0 aliphatic carbocycles. The molecule has 0 fully saturated rings. The summed E-state index contributed by atoms with van der Waals surface area (Å²) in [5, 5.41) is -1.92. The third-order valence-electron chi connectivity index (χ3n) is 1.48. The fourth-order valence-electron chi connectivity index (χ4n) is 0.802. The molecule has 0 saturated carbocycles. The molecule has 1 aromatic carbocycles. The summed E-state index contributed by atoms with van der Waals surface area (Å²) in [7, 11) is -4.41. The van der Waals surface area contributed by atoms with Crippen molar-refractivity contribution < 1.29 is 21.6 Å². The van der Waals surface area contributed by atoms with E-state index < -0.39 is 21.4 Å². The second kappa shape index (κ2) is 4.42. The third kappa shape index (κ3) is 3.21. The van der Waals surface area contributed by atoms with Gasteiger partial charge in [-0.3, -0.25) is 0 Å². The number of hydrogen-bond acceptors (Lipinski definition) is 2. The first-order valence-electron chi connectivity index (χ1n) is 3.86. The number of nitrogens with zero attached hydrogens (tertiary/aromatic N) is 1. The van der Waals surface area contributed by atoms with Gasteiger partial charge < -0.3 is 0 Å². The van der Waals surface area contributed by atoms with E-state index in [9.17, 15) is 21.6 Å². The highest BCUT2D eigenvalue weighted by Gasteiger charge is 2.36. The molecule has 1 rings (SSSR count). The van der Waals surface area contributed by atoms with Gasteiger partial charge >= 0.3 is 6.18 Å². The average Bonchev–Trinajstić information content (AvgIpc) is 2.17. The summed E-state index contributed by atoms with van der Waals surface area (Å²) in [6.07, 6.45) is -4.97. The van der Waals surface area contributed by atoms with Gasteiger partial charge in [0.25, 0.3) is 10.0 Å². The molecule has 0 bridgehead atoms. The van der Waals surface area contributed by atoms with E-state index in [4.69, 9.17) is 11.6 Å². The minimum atomic E-state index is -4.97. The van der Waals surface area contributed by atoms with Crippen LogP contribution in [0.1, 0.15) is 0 Å². The van der Waals surface area contributed by atoms with E-state index in [0.29, 0.717) is 0 Å². The number of hydrogen-bond donors (Lipinski definition) is 0. The predicted molar refractivity (Wildman–Crippen MR) is 53.0 cm³/mol. The SMILES string of the molecule is O=S(=O)(/N=C(\Cl)C(F)(F)F)c1ccccc1. The number of benzene rings is 1. The Morgan fingerprint density at radius 1 is 1.19 bits per heavy atom. The van der Waals surface area contributed by atoms with Crippen LogP contribution < -0.4 is 0 Å². The van der Waals surface area contributed by atoms with Gasteiger partial charge in [0.05, 0.1) is 4.90 Å². The summed E-state index contributed by atoms with van der Waals surface area (Å²) in [6.45, 7) is 0. The summed E-state index contributed by atoms with van der Waals surface area (Å²) in [5.74, 6) is 0. The predicted octanol–water partition coefficient (Wildman–Crippen LogP) is 2.57. The fourth-order valence-corrected chi connectivity index (χ4v) is 2.00. The number of halogens is 4. The second-order valence-electron chi connectivity index (χ2n) is 2.67. The van der Waals surface area contributed by atoms with Crippen LogP contribution in [0, 0.1) is 0 Å². The molecule has 0 atom stereocenters. The summed E-state index contributed by atoms with van der Waals surface area (Å²) in [5.41, 5.74) is 0. The molecule has 0 N–H and O–H groups in total. The van der Waals surface area contributed by atoms with Crippen LogP contribution in [-0.2, 0) is 10.0 Å². The van der Waals surface area contributed by atoms with Crippen LogP contribution in [-0.4, -0.2) is 19.8 Å². The normalized spacial score (nSPS) is 13.9. The Morgan fingerprint density at radius 2 is 1.69 bits per heavy atom. The number of alkyl halides is 3. The molecule has 3 nitrogen and oxygen atoms in total. The van der Waals surface area contributed by atoms with Crippen molar-refractivity contribution in [2.24, 2.45) is 4.40 Å². The lowest BCUT2D eigenvalue weighted by Gasteiger charge is -2.03. The van der Waals surface area contributed by atoms with Gasteiger partial charge in [0, 0.05) is 0 Å². The minimum absolute atomic E-state index is 0.350. The van der Waals surface area contributed by atoms with E-state index in [1.165, 1.54) is 18.2 Å². The smallest absolute Gasteiger partial charge is 0.199 e. The molecule has 0 aromatic heterocycles. The van der Waals surface area contributed by atoms with Crippen LogP contribution in [0.3, 0.4) is 0 Å². The molecule has 88 valence electrons. The van der Waals surface area contributed by atoms with E-state index in [0.717, 1.165) is 12.1 Å². The molecule has 0 spiro atoms. The van der Waals surface area contributed by atoms with Gasteiger partial charge in [-0.25, -0.2) is 0 Å². The summed E-state index contributed by atoms with van der Waals surface area (Å²) < 4.78 is 61.0. The molecule has 0 radical (unpaired) electrons. The van der Waals surface area contributed by atoms with Crippen molar-refractivity contribution >= 4 is 26.8 Å². The maximum absolute atomic E-state index is 12.0. The van der Waals surface area contributed by atoms with Crippen LogP contribution in [0.25, 0.3) is 0 Å². The van der Waals surface area contributed by atoms with Crippen molar-refractivity contribution in [2.45, 2.75) is 11.1 Å². The van der Waals surface area contributed by atoms with Gasteiger partial charge in [-0.15, -0.1) is 4.40 Å². The topological polar surface area (TPSA) is 46.5 Å². The molecule has 0 amide bonds. The zero-order valence-electron chi connectivity index (χ0n) is 7.57. The second-order valence-corrected chi connectivity index (χ2v) is 4.63. The average molecular weight is 272 g/mol. The van der Waals surface area contributed by atoms with Crippen molar-refractivity contribution in [1.82, 2.24) is 0 Å². The van der Waals surface area contributed by atoms with Crippen molar-refractivity contribution in [1.29, 1.82) is 0 Å². The maximum Gasteiger partial charge on any atom is 0.445 e. The third-order valence-corrected chi connectivity index (χ3v) is 3.17. The van der Waals surface area contributed by atoms with Gasteiger partial charge in [0.15, 0.2) is 0 Å². The summed E-state index contributed by atoms with van der Waals surface area (Å²) in [4.78, 5) is -0.350. The Bertz CT molecular complexity index is 496. The Labute approximate surface area is 94.6 Å². The molecular formula is C8H5ClF3NO2S. The molecule has 0 aliphatic heterocycles. The zero-order chi connectivity index (χ0) is 12.4. The van der Waals surface area contributed by atoms with E-state index in [1.54, 1.807) is 0 Å². The molecule has 0 heterocycles. The summed E-state index contributed by atoms with van der Waals surface area (Å²) >= 11 is 4.74. The van der Waals surface area contributed by atoms with Crippen LogP contribution >= 0.6 is 11.6 Å². The lowest BCUT2D eigenvalue weighted by molar-refractivity contribution is -0.0557. The highest BCUT2D eigenvalue weighted by atomic mass is 35.5. The Morgan fingerprint density at radius 3 is 2.12 bits per heavy atom. The Balaban J connectivity index is 3.16. The van der Waals surface area contributed by atoms with E-state index in [1.807, 2.05) is 0 Å². The van der Waals surface area contributed by atoms with Gasteiger partial charge in [0.2, 0.25) is 5.17 Å².